The van der Waals surface area contributed by atoms with E-state index in [1.165, 1.54) is 32.1 Å². The highest BCUT2D eigenvalue weighted by molar-refractivity contribution is 4.79. The van der Waals surface area contributed by atoms with E-state index in [9.17, 15) is 5.11 Å². The second-order valence-corrected chi connectivity index (χ2v) is 5.50. The molecule has 15 heavy (non-hydrogen) atoms. The maximum absolute atomic E-state index is 9.46. The molecule has 0 bridgehead atoms. The molecule has 0 spiro atoms. The molecule has 90 valence electrons. The first-order valence-electron chi connectivity index (χ1n) is 6.42. The Hall–Kier alpha value is -0.0800. The van der Waals surface area contributed by atoms with E-state index in [4.69, 9.17) is 5.11 Å². The van der Waals surface area contributed by atoms with Gasteiger partial charge in [-0.05, 0) is 30.6 Å². The van der Waals surface area contributed by atoms with Crippen molar-refractivity contribution in [2.45, 2.75) is 58.3 Å². The monoisotopic (exact) mass is 214 g/mol. The third kappa shape index (κ3) is 4.52. The molecule has 0 saturated heterocycles. The molecule has 0 radical (unpaired) electrons. The van der Waals surface area contributed by atoms with Gasteiger partial charge in [0.15, 0.2) is 0 Å². The maximum atomic E-state index is 9.46. The summed E-state index contributed by atoms with van der Waals surface area (Å²) in [5, 5.41) is 18.3. The fourth-order valence-electron chi connectivity index (χ4n) is 2.84. The topological polar surface area (TPSA) is 40.5 Å². The van der Waals surface area contributed by atoms with Gasteiger partial charge < -0.3 is 10.2 Å². The van der Waals surface area contributed by atoms with E-state index >= 15 is 0 Å². The summed E-state index contributed by atoms with van der Waals surface area (Å²) >= 11 is 0. The first-order chi connectivity index (χ1) is 7.20. The van der Waals surface area contributed by atoms with E-state index in [1.54, 1.807) is 0 Å². The van der Waals surface area contributed by atoms with Crippen molar-refractivity contribution in [2.75, 3.05) is 13.2 Å². The van der Waals surface area contributed by atoms with Crippen LogP contribution in [-0.4, -0.2) is 23.4 Å². The van der Waals surface area contributed by atoms with Crippen LogP contribution in [0.15, 0.2) is 0 Å². The summed E-state index contributed by atoms with van der Waals surface area (Å²) in [5.74, 6) is 0.814. The van der Waals surface area contributed by atoms with Crippen molar-refractivity contribution in [3.05, 3.63) is 0 Å². The largest absolute Gasteiger partial charge is 0.396 e. The van der Waals surface area contributed by atoms with Crippen molar-refractivity contribution >= 4 is 0 Å². The highest BCUT2D eigenvalue weighted by atomic mass is 16.3. The lowest BCUT2D eigenvalue weighted by atomic mass is 9.74. The first-order valence-corrected chi connectivity index (χ1v) is 6.42. The Labute approximate surface area is 93.7 Å². The molecule has 1 unspecified atom stereocenters. The summed E-state index contributed by atoms with van der Waals surface area (Å²) in [7, 11) is 0. The van der Waals surface area contributed by atoms with Crippen LogP contribution in [0.2, 0.25) is 0 Å². The third-order valence-corrected chi connectivity index (χ3v) is 3.83. The maximum Gasteiger partial charge on any atom is 0.0484 e. The average Bonchev–Trinajstić information content (AvgIpc) is 2.28. The summed E-state index contributed by atoms with van der Waals surface area (Å²) in [5.41, 5.74) is 0.0464. The van der Waals surface area contributed by atoms with Gasteiger partial charge in [0.1, 0.15) is 0 Å². The number of aliphatic hydroxyl groups excluding tert-OH is 2. The molecule has 1 fully saturated rings. The quantitative estimate of drug-likeness (QED) is 0.713. The van der Waals surface area contributed by atoms with Gasteiger partial charge >= 0.3 is 0 Å². The van der Waals surface area contributed by atoms with E-state index in [-0.39, 0.29) is 18.6 Å². The Kier molecular flexibility index (Phi) is 5.62. The van der Waals surface area contributed by atoms with Gasteiger partial charge in [0.05, 0.1) is 0 Å². The van der Waals surface area contributed by atoms with E-state index in [0.29, 0.717) is 0 Å². The minimum atomic E-state index is 0.0464. The van der Waals surface area contributed by atoms with Gasteiger partial charge in [-0.2, -0.15) is 0 Å². The van der Waals surface area contributed by atoms with Crippen molar-refractivity contribution < 1.29 is 10.2 Å². The SMILES string of the molecule is CC(CO)(CCCO)CC1CCCCC1. The zero-order valence-corrected chi connectivity index (χ0v) is 10.0. The highest BCUT2D eigenvalue weighted by Crippen LogP contribution is 2.37. The summed E-state index contributed by atoms with van der Waals surface area (Å²) in [4.78, 5) is 0. The van der Waals surface area contributed by atoms with E-state index < -0.39 is 0 Å². The van der Waals surface area contributed by atoms with Gasteiger partial charge in [0, 0.05) is 13.2 Å². The van der Waals surface area contributed by atoms with Gasteiger partial charge in [0.25, 0.3) is 0 Å². The number of hydrogen-bond donors (Lipinski definition) is 2. The van der Waals surface area contributed by atoms with Crippen LogP contribution < -0.4 is 0 Å². The Morgan fingerprint density at radius 3 is 2.33 bits per heavy atom. The lowest BCUT2D eigenvalue weighted by molar-refractivity contribution is 0.0859. The highest BCUT2D eigenvalue weighted by Gasteiger charge is 2.27. The molecule has 0 aromatic rings. The number of aliphatic hydroxyl groups is 2. The smallest absolute Gasteiger partial charge is 0.0484 e. The fraction of sp³-hybridized carbons (Fsp3) is 1.00. The predicted octanol–water partition coefficient (Wildman–Crippen LogP) is 2.73. The molecule has 2 heteroatoms. The molecule has 0 aliphatic heterocycles. The molecule has 1 atom stereocenters. The van der Waals surface area contributed by atoms with Gasteiger partial charge in [-0.3, -0.25) is 0 Å². The molecule has 0 amide bonds. The summed E-state index contributed by atoms with van der Waals surface area (Å²) < 4.78 is 0. The van der Waals surface area contributed by atoms with Crippen molar-refractivity contribution in [2.24, 2.45) is 11.3 Å². The van der Waals surface area contributed by atoms with E-state index in [2.05, 4.69) is 6.92 Å². The molecule has 0 aromatic carbocycles. The molecule has 2 nitrogen and oxygen atoms in total. The molecule has 2 N–H and O–H groups in total. The van der Waals surface area contributed by atoms with Crippen LogP contribution in [0.4, 0.5) is 0 Å². The lowest BCUT2D eigenvalue weighted by Crippen LogP contribution is -2.26. The van der Waals surface area contributed by atoms with Crippen LogP contribution in [0.25, 0.3) is 0 Å². The minimum Gasteiger partial charge on any atom is -0.396 e. The fourth-order valence-corrected chi connectivity index (χ4v) is 2.84. The summed E-state index contributed by atoms with van der Waals surface area (Å²) in [6.07, 6.45) is 9.73. The molecule has 1 aliphatic carbocycles. The Morgan fingerprint density at radius 1 is 1.13 bits per heavy atom. The van der Waals surface area contributed by atoms with Gasteiger partial charge in [-0.1, -0.05) is 39.0 Å². The van der Waals surface area contributed by atoms with Crippen molar-refractivity contribution in [1.82, 2.24) is 0 Å². The second kappa shape index (κ2) is 6.49. The Balaban J connectivity index is 2.35. The van der Waals surface area contributed by atoms with Gasteiger partial charge in [0.2, 0.25) is 0 Å². The van der Waals surface area contributed by atoms with E-state index in [1.807, 2.05) is 0 Å². The van der Waals surface area contributed by atoms with Crippen LogP contribution in [0.5, 0.6) is 0 Å². The third-order valence-electron chi connectivity index (χ3n) is 3.83. The van der Waals surface area contributed by atoms with Crippen molar-refractivity contribution in [3.63, 3.8) is 0 Å². The molecule has 1 saturated carbocycles. The second-order valence-electron chi connectivity index (χ2n) is 5.50. The number of hydrogen-bond acceptors (Lipinski definition) is 2. The van der Waals surface area contributed by atoms with Crippen LogP contribution in [0.3, 0.4) is 0 Å². The molecule has 0 heterocycles. The van der Waals surface area contributed by atoms with Crippen LogP contribution in [-0.2, 0) is 0 Å². The predicted molar refractivity (Wildman–Crippen MR) is 62.7 cm³/mol. The summed E-state index contributed by atoms with van der Waals surface area (Å²) in [6, 6.07) is 0. The van der Waals surface area contributed by atoms with Crippen LogP contribution >= 0.6 is 0 Å². The molecular weight excluding hydrogens is 188 g/mol. The zero-order chi connectivity index (χ0) is 11.1. The zero-order valence-electron chi connectivity index (χ0n) is 10.0. The summed E-state index contributed by atoms with van der Waals surface area (Å²) in [6.45, 7) is 2.68. The minimum absolute atomic E-state index is 0.0464. The van der Waals surface area contributed by atoms with Gasteiger partial charge in [-0.25, -0.2) is 0 Å². The van der Waals surface area contributed by atoms with Crippen LogP contribution in [0, 0.1) is 11.3 Å². The first kappa shape index (κ1) is 13.0. The van der Waals surface area contributed by atoms with Gasteiger partial charge in [-0.15, -0.1) is 0 Å². The van der Waals surface area contributed by atoms with Crippen molar-refractivity contribution in [1.29, 1.82) is 0 Å². The molecule has 0 aromatic heterocycles. The molecule has 1 rings (SSSR count). The van der Waals surface area contributed by atoms with E-state index in [0.717, 1.165) is 25.2 Å². The Morgan fingerprint density at radius 2 is 1.80 bits per heavy atom. The van der Waals surface area contributed by atoms with Crippen LogP contribution in [0.1, 0.15) is 58.3 Å². The lowest BCUT2D eigenvalue weighted by Gasteiger charge is -2.33. The number of rotatable bonds is 6. The molecule has 1 aliphatic rings. The molecular formula is C13H26O2. The normalized spacial score (nSPS) is 22.6. The standard InChI is InChI=1S/C13H26O2/c1-13(11-15,8-5-9-14)10-12-6-3-2-4-7-12/h12,14-15H,2-11H2,1H3. The van der Waals surface area contributed by atoms with Crippen molar-refractivity contribution in [3.8, 4) is 0 Å². The average molecular weight is 214 g/mol. The Bertz CT molecular complexity index is 164.